The van der Waals surface area contributed by atoms with Gasteiger partial charge in [-0.05, 0) is 19.8 Å². The van der Waals surface area contributed by atoms with E-state index in [1.54, 1.807) is 0 Å². The van der Waals surface area contributed by atoms with Crippen LogP contribution in [0.4, 0.5) is 0 Å². The highest BCUT2D eigenvalue weighted by Crippen LogP contribution is 2.27. The van der Waals surface area contributed by atoms with E-state index < -0.39 is 0 Å². The number of guanidine groups is 1. The molecule has 0 aliphatic carbocycles. The first-order valence-corrected chi connectivity index (χ1v) is 6.34. The molecule has 1 saturated heterocycles. The second kappa shape index (κ2) is 5.49. The van der Waals surface area contributed by atoms with Gasteiger partial charge in [-0.15, -0.1) is 0 Å². The summed E-state index contributed by atoms with van der Waals surface area (Å²) in [6.07, 6.45) is 2.53. The standard InChI is InChI=1S/C10H21N3S/c1-4-12-10(11)13(3)9-6-5-8(2)14-7-9/h8-9H,4-7H2,1-3H3,(H2,11,12). The average molecular weight is 215 g/mol. The lowest BCUT2D eigenvalue weighted by Gasteiger charge is -2.33. The van der Waals surface area contributed by atoms with Crippen LogP contribution >= 0.6 is 11.8 Å². The molecule has 82 valence electrons. The first-order chi connectivity index (χ1) is 6.65. The van der Waals surface area contributed by atoms with Crippen molar-refractivity contribution >= 4 is 17.7 Å². The van der Waals surface area contributed by atoms with Gasteiger partial charge in [0.15, 0.2) is 5.96 Å². The van der Waals surface area contributed by atoms with Crippen molar-refractivity contribution in [1.29, 1.82) is 0 Å². The Morgan fingerprint density at radius 1 is 1.57 bits per heavy atom. The first kappa shape index (κ1) is 11.7. The lowest BCUT2D eigenvalue weighted by Crippen LogP contribution is -2.45. The predicted octanol–water partition coefficient (Wildman–Crippen LogP) is 1.54. The van der Waals surface area contributed by atoms with E-state index in [0.717, 1.165) is 11.8 Å². The van der Waals surface area contributed by atoms with Crippen LogP contribution in [0.3, 0.4) is 0 Å². The molecule has 1 fully saturated rings. The Kier molecular flexibility index (Phi) is 4.58. The SMILES string of the molecule is CCN=C(N)N(C)C1CCC(C)SC1. The summed E-state index contributed by atoms with van der Waals surface area (Å²) in [6.45, 7) is 5.08. The molecule has 0 bridgehead atoms. The third kappa shape index (κ3) is 3.08. The second-order valence-corrected chi connectivity index (χ2v) is 5.29. The van der Waals surface area contributed by atoms with Gasteiger partial charge in [0.1, 0.15) is 0 Å². The molecule has 0 aromatic heterocycles. The fourth-order valence-electron chi connectivity index (χ4n) is 1.64. The van der Waals surface area contributed by atoms with Crippen LogP contribution in [0, 0.1) is 0 Å². The summed E-state index contributed by atoms with van der Waals surface area (Å²) in [5, 5.41) is 0.809. The van der Waals surface area contributed by atoms with Gasteiger partial charge in [-0.25, -0.2) is 0 Å². The van der Waals surface area contributed by atoms with E-state index >= 15 is 0 Å². The summed E-state index contributed by atoms with van der Waals surface area (Å²) in [5.74, 6) is 1.87. The monoisotopic (exact) mass is 215 g/mol. The van der Waals surface area contributed by atoms with Crippen molar-refractivity contribution in [2.75, 3.05) is 19.3 Å². The summed E-state index contributed by atoms with van der Waals surface area (Å²) in [7, 11) is 2.05. The van der Waals surface area contributed by atoms with E-state index in [-0.39, 0.29) is 0 Å². The topological polar surface area (TPSA) is 41.6 Å². The van der Waals surface area contributed by atoms with Gasteiger partial charge in [0.05, 0.1) is 0 Å². The Morgan fingerprint density at radius 3 is 2.79 bits per heavy atom. The van der Waals surface area contributed by atoms with Crippen LogP contribution in [0.15, 0.2) is 4.99 Å². The maximum atomic E-state index is 5.86. The van der Waals surface area contributed by atoms with Crippen LogP contribution in [0.25, 0.3) is 0 Å². The van der Waals surface area contributed by atoms with Crippen molar-refractivity contribution in [3.63, 3.8) is 0 Å². The van der Waals surface area contributed by atoms with Gasteiger partial charge in [-0.2, -0.15) is 11.8 Å². The normalized spacial score (nSPS) is 28.9. The van der Waals surface area contributed by atoms with E-state index in [1.165, 1.54) is 18.6 Å². The fraction of sp³-hybridized carbons (Fsp3) is 0.900. The number of hydrogen-bond acceptors (Lipinski definition) is 2. The molecular formula is C10H21N3S. The molecule has 0 aromatic carbocycles. The second-order valence-electron chi connectivity index (χ2n) is 3.82. The van der Waals surface area contributed by atoms with Crippen LogP contribution in [0.2, 0.25) is 0 Å². The molecule has 4 heteroatoms. The van der Waals surface area contributed by atoms with Gasteiger partial charge < -0.3 is 10.6 Å². The van der Waals surface area contributed by atoms with Gasteiger partial charge >= 0.3 is 0 Å². The predicted molar refractivity (Wildman–Crippen MR) is 64.9 cm³/mol. The maximum absolute atomic E-state index is 5.86. The minimum absolute atomic E-state index is 0.575. The van der Waals surface area contributed by atoms with Crippen molar-refractivity contribution in [2.24, 2.45) is 10.7 Å². The van der Waals surface area contributed by atoms with E-state index in [1.807, 2.05) is 18.7 Å². The van der Waals surface area contributed by atoms with E-state index in [0.29, 0.717) is 12.0 Å². The van der Waals surface area contributed by atoms with Gasteiger partial charge in [-0.1, -0.05) is 6.92 Å². The first-order valence-electron chi connectivity index (χ1n) is 5.29. The van der Waals surface area contributed by atoms with Crippen LogP contribution in [0.5, 0.6) is 0 Å². The van der Waals surface area contributed by atoms with Crippen molar-refractivity contribution in [3.8, 4) is 0 Å². The highest BCUT2D eigenvalue weighted by Gasteiger charge is 2.22. The zero-order chi connectivity index (χ0) is 10.6. The molecule has 1 heterocycles. The van der Waals surface area contributed by atoms with Crippen LogP contribution in [-0.2, 0) is 0 Å². The highest BCUT2D eigenvalue weighted by molar-refractivity contribution is 7.99. The van der Waals surface area contributed by atoms with E-state index in [4.69, 9.17) is 5.73 Å². The minimum Gasteiger partial charge on any atom is -0.370 e. The van der Waals surface area contributed by atoms with Crippen LogP contribution < -0.4 is 5.73 Å². The maximum Gasteiger partial charge on any atom is 0.191 e. The Labute approximate surface area is 91.1 Å². The molecule has 14 heavy (non-hydrogen) atoms. The van der Waals surface area contributed by atoms with Crippen molar-refractivity contribution in [2.45, 2.75) is 38.0 Å². The summed E-state index contributed by atoms with van der Waals surface area (Å²) in [6, 6.07) is 0.575. The van der Waals surface area contributed by atoms with E-state index in [9.17, 15) is 0 Å². The lowest BCUT2D eigenvalue weighted by atomic mass is 10.1. The molecule has 1 aliphatic rings. The molecule has 3 nitrogen and oxygen atoms in total. The van der Waals surface area contributed by atoms with Crippen LogP contribution in [0.1, 0.15) is 26.7 Å². The Balaban J connectivity index is 2.45. The lowest BCUT2D eigenvalue weighted by molar-refractivity contribution is 0.356. The Bertz CT molecular complexity index is 198. The largest absolute Gasteiger partial charge is 0.370 e. The molecular weight excluding hydrogens is 194 g/mol. The summed E-state index contributed by atoms with van der Waals surface area (Å²) < 4.78 is 0. The molecule has 2 N–H and O–H groups in total. The van der Waals surface area contributed by atoms with Gasteiger partial charge in [0.25, 0.3) is 0 Å². The molecule has 1 aliphatic heterocycles. The van der Waals surface area contributed by atoms with Gasteiger partial charge in [0.2, 0.25) is 0 Å². The number of thioether (sulfide) groups is 1. The molecule has 0 saturated carbocycles. The summed E-state index contributed by atoms with van der Waals surface area (Å²) in [5.41, 5.74) is 5.86. The zero-order valence-corrected chi connectivity index (χ0v) is 10.2. The average Bonchev–Trinajstić information content (AvgIpc) is 2.18. The highest BCUT2D eigenvalue weighted by atomic mass is 32.2. The third-order valence-electron chi connectivity index (χ3n) is 2.71. The zero-order valence-electron chi connectivity index (χ0n) is 9.36. The molecule has 0 amide bonds. The molecule has 0 spiro atoms. The summed E-state index contributed by atoms with van der Waals surface area (Å²) in [4.78, 5) is 6.36. The number of aliphatic imine (C=N–C) groups is 1. The summed E-state index contributed by atoms with van der Waals surface area (Å²) >= 11 is 2.04. The number of rotatable bonds is 2. The molecule has 2 unspecified atom stereocenters. The molecule has 2 atom stereocenters. The molecule has 1 rings (SSSR count). The Hall–Kier alpha value is -0.380. The van der Waals surface area contributed by atoms with Crippen molar-refractivity contribution in [3.05, 3.63) is 0 Å². The van der Waals surface area contributed by atoms with Crippen molar-refractivity contribution in [1.82, 2.24) is 4.90 Å². The smallest absolute Gasteiger partial charge is 0.191 e. The van der Waals surface area contributed by atoms with E-state index in [2.05, 4.69) is 23.9 Å². The number of nitrogens with zero attached hydrogens (tertiary/aromatic N) is 2. The number of hydrogen-bond donors (Lipinski definition) is 1. The minimum atomic E-state index is 0.575. The van der Waals surface area contributed by atoms with Gasteiger partial charge in [-0.3, -0.25) is 4.99 Å². The fourth-order valence-corrected chi connectivity index (χ4v) is 2.88. The molecule has 0 aromatic rings. The Morgan fingerprint density at radius 2 is 2.29 bits per heavy atom. The van der Waals surface area contributed by atoms with Crippen molar-refractivity contribution < 1.29 is 0 Å². The van der Waals surface area contributed by atoms with Gasteiger partial charge in [0, 0.05) is 30.6 Å². The third-order valence-corrected chi connectivity index (χ3v) is 4.09. The quantitative estimate of drug-likeness (QED) is 0.561. The molecule has 0 radical (unpaired) electrons. The number of nitrogens with two attached hydrogens (primary N) is 1. The van der Waals surface area contributed by atoms with Crippen LogP contribution in [-0.4, -0.2) is 41.5 Å².